The van der Waals surface area contributed by atoms with Crippen molar-refractivity contribution in [3.8, 4) is 11.5 Å². The average molecular weight is 445 g/mol. The Balaban J connectivity index is 2.63. The third kappa shape index (κ3) is 4.75. The SMILES string of the molecule is [2H]C([2H])([2H])Oc1cc2c(cc1OC)C1N(C([2H])([2H])C2([2H])[2H])C([2H])([2H])C([2H])(C([2H])([2H])C([2H])(C)C([2H])([2H])[2H])C(OC(=O)[C@@]([2H])(N)C([2H])(C([2H])([2H])[2H])C([2H])([2H])[2H])C1([2H])[2H]. The molecule has 3 rings (SSSR count). The Hall–Kier alpha value is -1.79. The molecule has 0 amide bonds. The molecular formula is C24H38N2O4. The van der Waals surface area contributed by atoms with Gasteiger partial charge in [-0.1, -0.05) is 27.5 Å². The Morgan fingerprint density at radius 3 is 2.93 bits per heavy atom. The zero-order valence-electron chi connectivity index (χ0n) is 42.0. The number of nitrogens with two attached hydrogens (primary N) is 1. The van der Waals surface area contributed by atoms with Crippen molar-refractivity contribution in [1.82, 2.24) is 4.90 Å². The molecule has 2 heterocycles. The fourth-order valence-corrected chi connectivity index (χ4v) is 2.81. The zero-order valence-corrected chi connectivity index (χ0v) is 16.0. The Kier molecular flexibility index (Phi) is 2.11. The minimum absolute atomic E-state index is 0.305. The maximum atomic E-state index is 13.9. The van der Waals surface area contributed by atoms with Crippen LogP contribution in [0.15, 0.2) is 12.1 Å². The number of hydrogen-bond donors (Lipinski definition) is 1. The third-order valence-corrected chi connectivity index (χ3v) is 4.16. The quantitative estimate of drug-likeness (QED) is 0.648. The van der Waals surface area contributed by atoms with E-state index in [1.54, 1.807) is 0 Å². The average Bonchev–Trinajstić information content (AvgIpc) is 2.96. The fraction of sp³-hybridized carbons (Fsp3) is 0.708. The minimum atomic E-state index is -4.53. The second-order valence-corrected chi connectivity index (χ2v) is 6.22. The summed E-state index contributed by atoms with van der Waals surface area (Å²) in [4.78, 5) is 13.6. The number of benzene rings is 1. The van der Waals surface area contributed by atoms with E-state index in [2.05, 4.69) is 0 Å². The molecule has 0 bridgehead atoms. The van der Waals surface area contributed by atoms with E-state index in [4.69, 9.17) is 48.7 Å². The molecule has 0 spiro atoms. The molecule has 1 aromatic rings. The van der Waals surface area contributed by atoms with Crippen molar-refractivity contribution in [3.63, 3.8) is 0 Å². The van der Waals surface area contributed by atoms with Crippen LogP contribution >= 0.6 is 0 Å². The summed E-state index contributed by atoms with van der Waals surface area (Å²) in [5.74, 6) is -16.8. The lowest BCUT2D eigenvalue weighted by molar-refractivity contribution is -0.160. The number of hydrogen-bond acceptors (Lipinski definition) is 6. The Morgan fingerprint density at radius 2 is 2.23 bits per heavy atom. The molecule has 2 N–H and O–H groups in total. The summed E-state index contributed by atoms with van der Waals surface area (Å²) in [6.07, 6.45) is -15.7. The molecule has 6 nitrogen and oxygen atoms in total. The summed E-state index contributed by atoms with van der Waals surface area (Å²) in [5, 5.41) is 0. The third-order valence-electron chi connectivity index (χ3n) is 4.16. The van der Waals surface area contributed by atoms with Crippen LogP contribution in [0.1, 0.15) is 93.0 Å². The number of carbonyl (C=O) groups excluding carboxylic acids is 1. The number of methoxy groups -OCH3 is 2. The van der Waals surface area contributed by atoms with Gasteiger partial charge in [0.05, 0.1) is 19.6 Å². The summed E-state index contributed by atoms with van der Waals surface area (Å²) in [6, 6.07) is -5.92. The van der Waals surface area contributed by atoms with Crippen LogP contribution in [-0.2, 0) is 15.9 Å². The lowest BCUT2D eigenvalue weighted by Crippen LogP contribution is -2.51. The van der Waals surface area contributed by atoms with Crippen molar-refractivity contribution in [1.29, 1.82) is 0 Å². The minimum Gasteiger partial charge on any atom is -0.493 e. The molecule has 5 atom stereocenters. The molecule has 30 heavy (non-hydrogen) atoms. The van der Waals surface area contributed by atoms with Crippen molar-refractivity contribution in [3.05, 3.63) is 23.3 Å². The van der Waals surface area contributed by atoms with E-state index in [1.807, 2.05) is 0 Å². The molecule has 1 aromatic carbocycles. The van der Waals surface area contributed by atoms with Crippen molar-refractivity contribution in [2.75, 3.05) is 27.1 Å². The van der Waals surface area contributed by atoms with Gasteiger partial charge in [-0.25, -0.2) is 0 Å². The monoisotopic (exact) mass is 444 g/mol. The van der Waals surface area contributed by atoms with Crippen LogP contribution in [0, 0.1) is 17.7 Å². The molecule has 0 radical (unpaired) electrons. The highest BCUT2D eigenvalue weighted by Gasteiger charge is 2.41. The Bertz CT molecular complexity index is 1700. The standard InChI is InChI=1S/C24H38N2O4/c1-14(2)9-17-13-26-8-7-16-10-21(28-5)22(29-6)11-18(16)19(26)12-20(17)30-24(27)23(25)15(3)4/h10-11,14-15,17,19-20,23H,7-9,12-13,25H2,1-6H3/t17?,19?,20?,23-/m0/s1/i1D3,3D3,4D3,5D3,7D2,8D2,9D2,12D2,13D2,14D,15D,17D,23D/t14?,17?,19?,20?,23-. The summed E-state index contributed by atoms with van der Waals surface area (Å²) in [7, 11) is -2.33. The number of carbonyl (C=O) groups is 1. The summed E-state index contributed by atoms with van der Waals surface area (Å²) in [5.41, 5.74) is 3.80. The largest absolute Gasteiger partial charge is 0.493 e. The van der Waals surface area contributed by atoms with Crippen LogP contribution in [0.3, 0.4) is 0 Å². The molecule has 0 aromatic heterocycles. The van der Waals surface area contributed by atoms with Crippen LogP contribution in [0.5, 0.6) is 11.5 Å². The van der Waals surface area contributed by atoms with E-state index < -0.39 is 124 Å². The first-order chi connectivity index (χ1) is 24.3. The van der Waals surface area contributed by atoms with Crippen LogP contribution < -0.4 is 15.2 Å². The molecule has 0 saturated carbocycles. The molecule has 0 aliphatic carbocycles. The maximum absolute atomic E-state index is 13.9. The number of esters is 1. The smallest absolute Gasteiger partial charge is 0.323 e. The predicted molar refractivity (Wildman–Crippen MR) is 118 cm³/mol. The Labute approximate surface area is 217 Å². The predicted octanol–water partition coefficient (Wildman–Crippen LogP) is 3.56. The number of rotatable bonds is 7. The second kappa shape index (κ2) is 9.56. The number of aryl methyl sites for hydroxylation is 1. The van der Waals surface area contributed by atoms with E-state index in [1.165, 1.54) is 0 Å². The molecule has 2 aliphatic heterocycles. The van der Waals surface area contributed by atoms with Gasteiger partial charge in [0.2, 0.25) is 0 Å². The molecule has 2 aliphatic rings. The van der Waals surface area contributed by atoms with Gasteiger partial charge in [0.15, 0.2) is 11.5 Å². The molecule has 168 valence electrons. The second-order valence-electron chi connectivity index (χ2n) is 6.22. The van der Waals surface area contributed by atoms with Crippen molar-refractivity contribution >= 4 is 5.97 Å². The summed E-state index contributed by atoms with van der Waals surface area (Å²) >= 11 is 0. The number of ether oxygens (including phenoxy) is 3. The molecular weight excluding hydrogens is 380 g/mol. The first-order valence-corrected chi connectivity index (χ1v) is 8.47. The first-order valence-electron chi connectivity index (χ1n) is 21.5. The normalized spacial score (nSPS) is 52.4. The molecule has 1 fully saturated rings. The number of piperidine rings is 1. The fourth-order valence-electron chi connectivity index (χ4n) is 2.81. The van der Waals surface area contributed by atoms with Gasteiger partial charge in [-0.15, -0.1) is 0 Å². The van der Waals surface area contributed by atoms with E-state index in [9.17, 15) is 11.6 Å². The van der Waals surface area contributed by atoms with E-state index in [0.29, 0.717) is 19.1 Å². The van der Waals surface area contributed by atoms with E-state index in [0.717, 1.165) is 7.11 Å². The molecule has 4 unspecified atom stereocenters. The van der Waals surface area contributed by atoms with Gasteiger partial charge in [-0.2, -0.15) is 0 Å². The van der Waals surface area contributed by atoms with Gasteiger partial charge < -0.3 is 19.9 Å². The van der Waals surface area contributed by atoms with Gasteiger partial charge >= 0.3 is 5.97 Å². The zero-order chi connectivity index (χ0) is 44.7. The van der Waals surface area contributed by atoms with Crippen LogP contribution in [0.4, 0.5) is 0 Å². The van der Waals surface area contributed by atoms with Gasteiger partial charge in [0.1, 0.15) is 12.1 Å². The van der Waals surface area contributed by atoms with Crippen molar-refractivity contribution in [2.24, 2.45) is 23.4 Å². The Morgan fingerprint density at radius 1 is 1.43 bits per heavy atom. The number of nitrogens with zero attached hydrogens (tertiary/aromatic N) is 1. The lowest BCUT2D eigenvalue weighted by atomic mass is 9.79. The topological polar surface area (TPSA) is 74.0 Å². The summed E-state index contributed by atoms with van der Waals surface area (Å²) < 4.78 is 232. The van der Waals surface area contributed by atoms with Gasteiger partial charge in [-0.3, -0.25) is 9.69 Å². The van der Waals surface area contributed by atoms with E-state index in [-0.39, 0.29) is 4.90 Å². The van der Waals surface area contributed by atoms with Crippen LogP contribution in [-0.4, -0.2) is 50.1 Å². The van der Waals surface area contributed by atoms with E-state index >= 15 is 0 Å². The lowest BCUT2D eigenvalue weighted by Gasteiger charge is -2.47. The highest BCUT2D eigenvalue weighted by atomic mass is 16.5. The van der Waals surface area contributed by atoms with Crippen molar-refractivity contribution < 1.29 is 54.6 Å². The summed E-state index contributed by atoms with van der Waals surface area (Å²) in [6.45, 7) is -20.3. The maximum Gasteiger partial charge on any atom is 0.323 e. The van der Waals surface area contributed by atoms with Crippen LogP contribution in [0.25, 0.3) is 0 Å². The van der Waals surface area contributed by atoms with Gasteiger partial charge in [0, 0.05) is 61.5 Å². The van der Waals surface area contributed by atoms with Crippen molar-refractivity contribution in [2.45, 2.75) is 64.8 Å². The highest BCUT2D eigenvalue weighted by Crippen LogP contribution is 2.44. The number of fused-ring (bicyclic) bond motifs is 3. The van der Waals surface area contributed by atoms with Crippen LogP contribution in [0.2, 0.25) is 0 Å². The first kappa shape index (κ1) is 6.61. The molecule has 1 saturated heterocycles. The van der Waals surface area contributed by atoms with Gasteiger partial charge in [-0.05, 0) is 47.8 Å². The highest BCUT2D eigenvalue weighted by molar-refractivity contribution is 5.76. The van der Waals surface area contributed by atoms with Gasteiger partial charge in [0.25, 0.3) is 0 Å². The molecule has 6 heteroatoms.